The van der Waals surface area contributed by atoms with E-state index in [9.17, 15) is 9.59 Å². The highest BCUT2D eigenvalue weighted by molar-refractivity contribution is 5.98. The van der Waals surface area contributed by atoms with Gasteiger partial charge in [-0.2, -0.15) is 0 Å². The van der Waals surface area contributed by atoms with Crippen LogP contribution in [-0.2, 0) is 7.05 Å². The molecule has 0 bridgehead atoms. The first kappa shape index (κ1) is 17.3. The minimum absolute atomic E-state index is 0.0561. The quantitative estimate of drug-likeness (QED) is 0.769. The Morgan fingerprint density at radius 3 is 2.52 bits per heavy atom. The van der Waals surface area contributed by atoms with E-state index in [4.69, 9.17) is 5.11 Å². The summed E-state index contributed by atoms with van der Waals surface area (Å²) in [7, 11) is 1.93. The van der Waals surface area contributed by atoms with Gasteiger partial charge in [-0.15, -0.1) is 0 Å². The topological polar surface area (TPSA) is 62.5 Å². The Balaban J connectivity index is 1.56. The first-order valence-corrected chi connectivity index (χ1v) is 9.21. The zero-order chi connectivity index (χ0) is 19.0. The molecule has 0 radical (unpaired) electrons. The van der Waals surface area contributed by atoms with Crippen molar-refractivity contribution in [3.63, 3.8) is 0 Å². The number of aromatic carboxylic acids is 1. The Hall–Kier alpha value is -3.08. The lowest BCUT2D eigenvalue weighted by Gasteiger charge is -2.33. The maximum absolute atomic E-state index is 13.1. The minimum Gasteiger partial charge on any atom is -0.478 e. The summed E-state index contributed by atoms with van der Waals surface area (Å²) in [6.07, 6.45) is 1.95. The number of likely N-dealkylation sites (tertiary alicyclic amines) is 1. The summed E-state index contributed by atoms with van der Waals surface area (Å²) in [5, 5.41) is 10.1. The number of carbonyl (C=O) groups is 2. The predicted octanol–water partition coefficient (Wildman–Crippen LogP) is 3.90. The molecule has 3 aromatic rings. The van der Waals surface area contributed by atoms with Crippen molar-refractivity contribution in [1.29, 1.82) is 0 Å². The number of carbonyl (C=O) groups excluding carboxylic acids is 1. The Labute approximate surface area is 157 Å². The van der Waals surface area contributed by atoms with E-state index in [1.54, 1.807) is 12.1 Å². The van der Waals surface area contributed by atoms with Gasteiger partial charge in [-0.25, -0.2) is 4.79 Å². The summed E-state index contributed by atoms with van der Waals surface area (Å²) in [6.45, 7) is 1.41. The summed E-state index contributed by atoms with van der Waals surface area (Å²) in [5.74, 6) is -0.626. The molecule has 1 amide bonds. The predicted molar refractivity (Wildman–Crippen MR) is 104 cm³/mol. The molecule has 1 fully saturated rings. The molecule has 4 rings (SSSR count). The fourth-order valence-corrected chi connectivity index (χ4v) is 3.99. The number of para-hydroxylation sites is 1. The van der Waals surface area contributed by atoms with Gasteiger partial charge in [0.05, 0.1) is 5.56 Å². The van der Waals surface area contributed by atoms with Gasteiger partial charge in [0.2, 0.25) is 0 Å². The van der Waals surface area contributed by atoms with E-state index in [2.05, 4.69) is 0 Å². The van der Waals surface area contributed by atoms with E-state index in [0.29, 0.717) is 12.2 Å². The van der Waals surface area contributed by atoms with Crippen molar-refractivity contribution in [1.82, 2.24) is 9.47 Å². The maximum Gasteiger partial charge on any atom is 0.335 e. The van der Waals surface area contributed by atoms with E-state index in [1.807, 2.05) is 59.0 Å². The molecule has 1 aliphatic heterocycles. The van der Waals surface area contributed by atoms with Gasteiger partial charge in [-0.05, 0) is 42.7 Å². The van der Waals surface area contributed by atoms with E-state index < -0.39 is 5.97 Å². The van der Waals surface area contributed by atoms with Gasteiger partial charge < -0.3 is 14.6 Å². The highest BCUT2D eigenvalue weighted by atomic mass is 16.4. The van der Waals surface area contributed by atoms with Crippen LogP contribution in [0.3, 0.4) is 0 Å². The number of hydrogen-bond acceptors (Lipinski definition) is 2. The standard InChI is InChI=1S/C22H22N2O3/c1-23-19-7-3-2-5-17(19)13-20(23)21(25)24-12-4-6-18(14-24)15-8-10-16(11-9-15)22(26)27/h2-3,5,7-11,13,18H,4,6,12,14H2,1H3,(H,26,27)/t18-/m1/s1. The zero-order valence-corrected chi connectivity index (χ0v) is 15.3. The first-order valence-electron chi connectivity index (χ1n) is 9.21. The average molecular weight is 362 g/mol. The van der Waals surface area contributed by atoms with Crippen LogP contribution in [0.15, 0.2) is 54.6 Å². The zero-order valence-electron chi connectivity index (χ0n) is 15.3. The lowest BCUT2D eigenvalue weighted by atomic mass is 9.90. The van der Waals surface area contributed by atoms with Gasteiger partial charge in [-0.1, -0.05) is 30.3 Å². The summed E-state index contributed by atoms with van der Waals surface area (Å²) in [4.78, 5) is 26.1. The van der Waals surface area contributed by atoms with Crippen molar-refractivity contribution in [2.24, 2.45) is 7.05 Å². The van der Waals surface area contributed by atoms with Crippen LogP contribution in [0.5, 0.6) is 0 Å². The highest BCUT2D eigenvalue weighted by Crippen LogP contribution is 2.29. The van der Waals surface area contributed by atoms with Crippen molar-refractivity contribution >= 4 is 22.8 Å². The summed E-state index contributed by atoms with van der Waals surface area (Å²) in [6, 6.07) is 17.0. The Morgan fingerprint density at radius 2 is 1.81 bits per heavy atom. The third kappa shape index (κ3) is 3.21. The van der Waals surface area contributed by atoms with Crippen LogP contribution in [-0.4, -0.2) is 39.5 Å². The van der Waals surface area contributed by atoms with E-state index in [0.717, 1.165) is 35.9 Å². The number of aryl methyl sites for hydroxylation is 1. The lowest BCUT2D eigenvalue weighted by Crippen LogP contribution is -2.39. The molecule has 27 heavy (non-hydrogen) atoms. The number of nitrogens with zero attached hydrogens (tertiary/aromatic N) is 2. The molecule has 138 valence electrons. The van der Waals surface area contributed by atoms with Crippen molar-refractivity contribution in [2.45, 2.75) is 18.8 Å². The van der Waals surface area contributed by atoms with E-state index >= 15 is 0 Å². The monoisotopic (exact) mass is 362 g/mol. The van der Waals surface area contributed by atoms with Gasteiger partial charge in [-0.3, -0.25) is 4.79 Å². The van der Waals surface area contributed by atoms with Crippen molar-refractivity contribution in [3.05, 3.63) is 71.4 Å². The fourth-order valence-electron chi connectivity index (χ4n) is 3.99. The van der Waals surface area contributed by atoms with Crippen molar-refractivity contribution in [3.8, 4) is 0 Å². The van der Waals surface area contributed by atoms with Gasteiger partial charge in [0.1, 0.15) is 5.69 Å². The molecule has 2 heterocycles. The molecule has 1 aromatic heterocycles. The smallest absolute Gasteiger partial charge is 0.335 e. The van der Waals surface area contributed by atoms with E-state index in [1.165, 1.54) is 0 Å². The second kappa shape index (κ2) is 6.91. The van der Waals surface area contributed by atoms with Gasteiger partial charge >= 0.3 is 5.97 Å². The van der Waals surface area contributed by atoms with Gasteiger partial charge in [0.25, 0.3) is 5.91 Å². The third-order valence-electron chi connectivity index (χ3n) is 5.51. The Bertz CT molecular complexity index is 1000. The summed E-state index contributed by atoms with van der Waals surface area (Å²) in [5.41, 5.74) is 3.14. The summed E-state index contributed by atoms with van der Waals surface area (Å²) < 4.78 is 1.96. The number of carboxylic acids is 1. The van der Waals surface area contributed by atoms with Gasteiger partial charge in [0, 0.05) is 37.0 Å². The third-order valence-corrected chi connectivity index (χ3v) is 5.51. The van der Waals surface area contributed by atoms with Gasteiger partial charge in [0.15, 0.2) is 0 Å². The molecule has 1 saturated heterocycles. The molecular weight excluding hydrogens is 340 g/mol. The van der Waals surface area contributed by atoms with Crippen LogP contribution in [0.2, 0.25) is 0 Å². The first-order chi connectivity index (χ1) is 13.0. The number of hydrogen-bond donors (Lipinski definition) is 1. The van der Waals surface area contributed by atoms with Crippen molar-refractivity contribution in [2.75, 3.05) is 13.1 Å². The molecule has 0 saturated carbocycles. The van der Waals surface area contributed by atoms with Crippen LogP contribution in [0.1, 0.15) is 45.2 Å². The maximum atomic E-state index is 13.1. The highest BCUT2D eigenvalue weighted by Gasteiger charge is 2.27. The Morgan fingerprint density at radius 1 is 1.07 bits per heavy atom. The minimum atomic E-state index is -0.919. The molecule has 5 heteroatoms. The normalized spacial score (nSPS) is 17.2. The number of amides is 1. The number of fused-ring (bicyclic) bond motifs is 1. The van der Waals surface area contributed by atoms with Crippen molar-refractivity contribution < 1.29 is 14.7 Å². The molecule has 1 N–H and O–H groups in total. The molecule has 0 unspecified atom stereocenters. The molecule has 1 aliphatic rings. The molecule has 5 nitrogen and oxygen atoms in total. The molecular formula is C22H22N2O3. The number of piperidine rings is 1. The van der Waals surface area contributed by atoms with Crippen LogP contribution < -0.4 is 0 Å². The number of rotatable bonds is 3. The largest absolute Gasteiger partial charge is 0.478 e. The number of carboxylic acid groups (broad SMARTS) is 1. The molecule has 0 spiro atoms. The molecule has 1 atom stereocenters. The second-order valence-electron chi connectivity index (χ2n) is 7.16. The van der Waals surface area contributed by atoms with Crippen LogP contribution in [0, 0.1) is 0 Å². The average Bonchev–Trinajstić information content (AvgIpc) is 3.04. The van der Waals surface area contributed by atoms with Crippen LogP contribution in [0.25, 0.3) is 10.9 Å². The second-order valence-corrected chi connectivity index (χ2v) is 7.16. The van der Waals surface area contributed by atoms with Crippen LogP contribution >= 0.6 is 0 Å². The Kier molecular flexibility index (Phi) is 4.44. The molecule has 2 aromatic carbocycles. The van der Waals surface area contributed by atoms with E-state index in [-0.39, 0.29) is 17.4 Å². The lowest BCUT2D eigenvalue weighted by molar-refractivity contribution is 0.0691. The number of benzene rings is 2. The molecule has 0 aliphatic carbocycles. The number of aromatic nitrogens is 1. The van der Waals surface area contributed by atoms with Crippen LogP contribution in [0.4, 0.5) is 0 Å². The SMILES string of the molecule is Cn1c(C(=O)N2CCC[C@@H](c3ccc(C(=O)O)cc3)C2)cc2ccccc21. The fraction of sp³-hybridized carbons (Fsp3) is 0.273. The summed E-state index contributed by atoms with van der Waals surface area (Å²) >= 11 is 0.